The van der Waals surface area contributed by atoms with Gasteiger partial charge in [0.1, 0.15) is 5.82 Å². The van der Waals surface area contributed by atoms with Gasteiger partial charge in [0.25, 0.3) is 0 Å². The van der Waals surface area contributed by atoms with E-state index in [1.54, 1.807) is 18.2 Å². The minimum absolute atomic E-state index is 0.315. The summed E-state index contributed by atoms with van der Waals surface area (Å²) in [6.45, 7) is 0.765. The lowest BCUT2D eigenvalue weighted by Crippen LogP contribution is -2.36. The van der Waals surface area contributed by atoms with Crippen LogP contribution in [0, 0.1) is 0 Å². The molecule has 1 aromatic rings. The van der Waals surface area contributed by atoms with E-state index in [4.69, 9.17) is 0 Å². The highest BCUT2D eigenvalue weighted by atomic mass is 16.2. The fraction of sp³-hybridized carbons (Fsp3) is 0.273. The van der Waals surface area contributed by atoms with Crippen LogP contribution in [0.15, 0.2) is 24.4 Å². The van der Waals surface area contributed by atoms with Crippen LogP contribution in [0.25, 0.3) is 0 Å². The molecular formula is C11H14N4O3. The molecule has 0 bridgehead atoms. The Morgan fingerprint density at radius 3 is 2.72 bits per heavy atom. The number of carbonyl (C=O) groups excluding carboxylic acids is 3. The Bertz CT molecular complexity index is 408. The van der Waals surface area contributed by atoms with Gasteiger partial charge in [0.05, 0.1) is 0 Å². The predicted octanol–water partition coefficient (Wildman–Crippen LogP) is -0.728. The number of hydrogen-bond acceptors (Lipinski definition) is 4. The Hall–Kier alpha value is -2.44. The molecule has 0 atom stereocenters. The number of carbonyl (C=O) groups is 3. The number of rotatable bonds is 6. The zero-order valence-electron chi connectivity index (χ0n) is 9.68. The molecule has 1 heterocycles. The molecule has 0 spiro atoms. The van der Waals surface area contributed by atoms with E-state index in [9.17, 15) is 14.4 Å². The topological polar surface area (TPSA) is 100 Å². The van der Waals surface area contributed by atoms with E-state index in [1.807, 2.05) is 0 Å². The maximum absolute atomic E-state index is 11.4. The van der Waals surface area contributed by atoms with Gasteiger partial charge >= 0.3 is 11.8 Å². The van der Waals surface area contributed by atoms with Crippen LogP contribution >= 0.6 is 0 Å². The molecule has 0 aliphatic rings. The molecule has 0 aromatic carbocycles. The van der Waals surface area contributed by atoms with E-state index in [1.165, 1.54) is 6.20 Å². The number of hydrogen-bond donors (Lipinski definition) is 3. The van der Waals surface area contributed by atoms with Gasteiger partial charge in [-0.05, 0) is 18.6 Å². The summed E-state index contributed by atoms with van der Waals surface area (Å²) in [5.41, 5.74) is 0. The molecule has 0 saturated heterocycles. The van der Waals surface area contributed by atoms with Crippen LogP contribution < -0.4 is 16.0 Å². The second kappa shape index (κ2) is 7.77. The van der Waals surface area contributed by atoms with Crippen molar-refractivity contribution in [1.29, 1.82) is 0 Å². The minimum atomic E-state index is -0.767. The first-order chi connectivity index (χ1) is 8.74. The van der Waals surface area contributed by atoms with Crippen molar-refractivity contribution in [3.05, 3.63) is 24.4 Å². The fourth-order valence-electron chi connectivity index (χ4n) is 1.14. The molecular weight excluding hydrogens is 236 g/mol. The summed E-state index contributed by atoms with van der Waals surface area (Å²) in [5, 5.41) is 7.24. The van der Waals surface area contributed by atoms with Gasteiger partial charge in [0.2, 0.25) is 6.41 Å². The Morgan fingerprint density at radius 1 is 1.22 bits per heavy atom. The summed E-state index contributed by atoms with van der Waals surface area (Å²) < 4.78 is 0. The summed E-state index contributed by atoms with van der Waals surface area (Å²) in [5.74, 6) is -1.18. The molecule has 7 heteroatoms. The van der Waals surface area contributed by atoms with Crippen LogP contribution in [0.1, 0.15) is 6.42 Å². The van der Waals surface area contributed by atoms with Gasteiger partial charge in [0, 0.05) is 19.3 Å². The van der Waals surface area contributed by atoms with E-state index < -0.39 is 11.8 Å². The standard InChI is InChI=1S/C11H14N4O3/c16-8-12-5-3-7-14-10(17)11(18)15-9-4-1-2-6-13-9/h1-2,4,6,8H,3,5,7H2,(H,12,16)(H,14,17)(H,13,15,18). The summed E-state index contributed by atoms with van der Waals surface area (Å²) in [6.07, 6.45) is 2.65. The van der Waals surface area contributed by atoms with Crippen molar-refractivity contribution in [1.82, 2.24) is 15.6 Å². The molecule has 96 valence electrons. The van der Waals surface area contributed by atoms with Gasteiger partial charge in [-0.3, -0.25) is 14.4 Å². The van der Waals surface area contributed by atoms with Gasteiger partial charge in [-0.25, -0.2) is 4.98 Å². The number of pyridine rings is 1. The van der Waals surface area contributed by atoms with Crippen molar-refractivity contribution in [3.63, 3.8) is 0 Å². The molecule has 3 N–H and O–H groups in total. The monoisotopic (exact) mass is 250 g/mol. The number of nitrogens with zero attached hydrogens (tertiary/aromatic N) is 1. The number of anilines is 1. The van der Waals surface area contributed by atoms with E-state index in [0.717, 1.165) is 0 Å². The van der Waals surface area contributed by atoms with E-state index in [-0.39, 0.29) is 0 Å². The highest BCUT2D eigenvalue weighted by Crippen LogP contribution is 1.98. The van der Waals surface area contributed by atoms with E-state index in [0.29, 0.717) is 31.7 Å². The van der Waals surface area contributed by atoms with Gasteiger partial charge < -0.3 is 16.0 Å². The summed E-state index contributed by atoms with van der Waals surface area (Å²) >= 11 is 0. The van der Waals surface area contributed by atoms with Crippen LogP contribution in [-0.2, 0) is 14.4 Å². The van der Waals surface area contributed by atoms with Crippen LogP contribution in [0.4, 0.5) is 5.82 Å². The molecule has 7 nitrogen and oxygen atoms in total. The molecule has 0 saturated carbocycles. The Morgan fingerprint density at radius 2 is 2.06 bits per heavy atom. The number of aromatic nitrogens is 1. The molecule has 0 aliphatic carbocycles. The third-order valence-corrected chi connectivity index (χ3v) is 1.98. The summed E-state index contributed by atoms with van der Waals surface area (Å²) in [4.78, 5) is 36.5. The van der Waals surface area contributed by atoms with E-state index >= 15 is 0 Å². The molecule has 0 radical (unpaired) electrons. The largest absolute Gasteiger partial charge is 0.359 e. The second-order valence-electron chi connectivity index (χ2n) is 3.35. The highest BCUT2D eigenvalue weighted by molar-refractivity contribution is 6.39. The lowest BCUT2D eigenvalue weighted by molar-refractivity contribution is -0.136. The predicted molar refractivity (Wildman–Crippen MR) is 64.6 cm³/mol. The second-order valence-corrected chi connectivity index (χ2v) is 3.35. The van der Waals surface area contributed by atoms with Gasteiger partial charge in [-0.15, -0.1) is 0 Å². The third-order valence-electron chi connectivity index (χ3n) is 1.98. The molecule has 1 rings (SSSR count). The summed E-state index contributed by atoms with van der Waals surface area (Å²) in [6, 6.07) is 4.99. The molecule has 0 unspecified atom stereocenters. The van der Waals surface area contributed by atoms with Crippen LogP contribution in [0.5, 0.6) is 0 Å². The smallest absolute Gasteiger partial charge is 0.314 e. The van der Waals surface area contributed by atoms with Crippen molar-refractivity contribution >= 4 is 24.0 Å². The maximum atomic E-state index is 11.4. The molecule has 18 heavy (non-hydrogen) atoms. The Balaban J connectivity index is 2.25. The first kappa shape index (κ1) is 13.6. The van der Waals surface area contributed by atoms with Crippen LogP contribution in [-0.4, -0.2) is 36.3 Å². The highest BCUT2D eigenvalue weighted by Gasteiger charge is 2.12. The van der Waals surface area contributed by atoms with Gasteiger partial charge in [-0.2, -0.15) is 0 Å². The third kappa shape index (κ3) is 5.06. The SMILES string of the molecule is O=CNCCCNC(=O)C(=O)Nc1ccccn1. The van der Waals surface area contributed by atoms with Crippen LogP contribution in [0.2, 0.25) is 0 Å². The van der Waals surface area contributed by atoms with Crippen molar-refractivity contribution in [3.8, 4) is 0 Å². The Kier molecular flexibility index (Phi) is 5.88. The van der Waals surface area contributed by atoms with Crippen LogP contribution in [0.3, 0.4) is 0 Å². The normalized spacial score (nSPS) is 9.33. The van der Waals surface area contributed by atoms with Crippen molar-refractivity contribution in [2.45, 2.75) is 6.42 Å². The zero-order chi connectivity index (χ0) is 13.2. The van der Waals surface area contributed by atoms with Gasteiger partial charge in [-0.1, -0.05) is 6.07 Å². The summed E-state index contributed by atoms with van der Waals surface area (Å²) in [7, 11) is 0. The average molecular weight is 250 g/mol. The molecule has 0 fully saturated rings. The fourth-order valence-corrected chi connectivity index (χ4v) is 1.14. The lowest BCUT2D eigenvalue weighted by Gasteiger charge is -2.05. The van der Waals surface area contributed by atoms with Crippen molar-refractivity contribution in [2.75, 3.05) is 18.4 Å². The number of amides is 3. The van der Waals surface area contributed by atoms with E-state index in [2.05, 4.69) is 20.9 Å². The van der Waals surface area contributed by atoms with Crippen molar-refractivity contribution < 1.29 is 14.4 Å². The van der Waals surface area contributed by atoms with Gasteiger partial charge in [0.15, 0.2) is 0 Å². The van der Waals surface area contributed by atoms with Crippen molar-refractivity contribution in [2.24, 2.45) is 0 Å². The molecule has 3 amide bonds. The average Bonchev–Trinajstić information content (AvgIpc) is 2.39. The molecule has 0 aliphatic heterocycles. The maximum Gasteiger partial charge on any atom is 0.314 e. The molecule has 1 aromatic heterocycles. The quantitative estimate of drug-likeness (QED) is 0.352. The first-order valence-corrected chi connectivity index (χ1v) is 5.41. The first-order valence-electron chi connectivity index (χ1n) is 5.41. The Labute approximate surface area is 104 Å². The lowest BCUT2D eigenvalue weighted by atomic mass is 10.4. The zero-order valence-corrected chi connectivity index (χ0v) is 9.68. The number of nitrogens with one attached hydrogen (secondary N) is 3. The minimum Gasteiger partial charge on any atom is -0.359 e.